The molecule has 1 aromatic rings. The monoisotopic (exact) mass is 296 g/mol. The summed E-state index contributed by atoms with van der Waals surface area (Å²) in [6.45, 7) is 9.23. The van der Waals surface area contributed by atoms with Crippen LogP contribution in [0.4, 0.5) is 5.69 Å². The third-order valence-corrected chi connectivity index (χ3v) is 3.13. The molecular formula is C15H28N4O2. The van der Waals surface area contributed by atoms with Gasteiger partial charge in [-0.2, -0.15) is 5.10 Å². The van der Waals surface area contributed by atoms with Gasteiger partial charge in [0.1, 0.15) is 0 Å². The van der Waals surface area contributed by atoms with Gasteiger partial charge in [-0.15, -0.1) is 0 Å². The van der Waals surface area contributed by atoms with Gasteiger partial charge in [-0.3, -0.25) is 4.79 Å². The molecule has 0 spiro atoms. The second-order valence-electron chi connectivity index (χ2n) is 6.22. The zero-order valence-electron chi connectivity index (χ0n) is 13.8. The number of aromatic nitrogens is 2. The van der Waals surface area contributed by atoms with Crippen LogP contribution in [-0.2, 0) is 11.3 Å². The van der Waals surface area contributed by atoms with Gasteiger partial charge in [0.25, 0.3) is 5.56 Å². The smallest absolute Gasteiger partial charge is 0.268 e. The summed E-state index contributed by atoms with van der Waals surface area (Å²) in [6.07, 6.45) is 2.61. The number of aryl methyl sites for hydroxylation is 1. The van der Waals surface area contributed by atoms with E-state index in [2.05, 4.69) is 31.2 Å². The summed E-state index contributed by atoms with van der Waals surface area (Å²) in [4.78, 5) is 14.0. The first-order chi connectivity index (χ1) is 9.83. The van der Waals surface area contributed by atoms with E-state index in [1.165, 1.54) is 4.68 Å². The second-order valence-corrected chi connectivity index (χ2v) is 6.22. The molecule has 0 saturated heterocycles. The van der Waals surface area contributed by atoms with Crippen molar-refractivity contribution in [2.75, 3.05) is 38.8 Å². The Hall–Kier alpha value is -1.40. The summed E-state index contributed by atoms with van der Waals surface area (Å²) in [6, 6.07) is 1.62. The van der Waals surface area contributed by atoms with Crippen molar-refractivity contribution in [3.05, 3.63) is 22.6 Å². The van der Waals surface area contributed by atoms with E-state index in [9.17, 15) is 4.79 Å². The van der Waals surface area contributed by atoms with Crippen molar-refractivity contribution < 1.29 is 4.74 Å². The van der Waals surface area contributed by atoms with Gasteiger partial charge in [-0.1, -0.05) is 0 Å². The topological polar surface area (TPSA) is 59.4 Å². The van der Waals surface area contributed by atoms with E-state index in [-0.39, 0.29) is 11.1 Å². The Kier molecular flexibility index (Phi) is 6.84. The highest BCUT2D eigenvalue weighted by atomic mass is 16.5. The van der Waals surface area contributed by atoms with E-state index in [1.54, 1.807) is 19.4 Å². The Labute approximate surface area is 127 Å². The molecule has 21 heavy (non-hydrogen) atoms. The number of methoxy groups -OCH3 is 1. The summed E-state index contributed by atoms with van der Waals surface area (Å²) < 4.78 is 6.54. The van der Waals surface area contributed by atoms with Crippen LogP contribution >= 0.6 is 0 Å². The van der Waals surface area contributed by atoms with Crippen molar-refractivity contribution in [2.45, 2.75) is 39.3 Å². The lowest BCUT2D eigenvalue weighted by Crippen LogP contribution is -2.37. The fourth-order valence-corrected chi connectivity index (χ4v) is 1.85. The van der Waals surface area contributed by atoms with Crippen LogP contribution in [0.3, 0.4) is 0 Å². The highest BCUT2D eigenvalue weighted by molar-refractivity contribution is 5.41. The summed E-state index contributed by atoms with van der Waals surface area (Å²) in [5.74, 6) is 0. The molecule has 6 nitrogen and oxygen atoms in total. The molecule has 1 rings (SSSR count). The maximum atomic E-state index is 12.0. The normalized spacial score (nSPS) is 11.7. The van der Waals surface area contributed by atoms with E-state index < -0.39 is 0 Å². The molecule has 0 aliphatic carbocycles. The van der Waals surface area contributed by atoms with Gasteiger partial charge in [-0.05, 0) is 33.7 Å². The van der Waals surface area contributed by atoms with Crippen molar-refractivity contribution in [1.29, 1.82) is 0 Å². The molecule has 0 atom stereocenters. The lowest BCUT2D eigenvalue weighted by molar-refractivity contribution is 0.206. The average molecular weight is 296 g/mol. The zero-order valence-corrected chi connectivity index (χ0v) is 13.8. The van der Waals surface area contributed by atoms with Crippen LogP contribution in [0.15, 0.2) is 17.1 Å². The quantitative estimate of drug-likeness (QED) is 0.728. The van der Waals surface area contributed by atoms with Crippen LogP contribution < -0.4 is 15.8 Å². The molecule has 0 fully saturated rings. The van der Waals surface area contributed by atoms with E-state index in [4.69, 9.17) is 4.74 Å². The number of nitrogens with one attached hydrogen (secondary N) is 1. The number of rotatable bonds is 8. The summed E-state index contributed by atoms with van der Waals surface area (Å²) in [5, 5.41) is 7.63. The molecule has 0 bridgehead atoms. The number of likely N-dealkylation sites (N-methyl/N-ethyl adjacent to an activating group) is 1. The SMILES string of the molecule is COCCN(C)c1cnn(CCCNC(C)(C)C)c(=O)c1. The highest BCUT2D eigenvalue weighted by Gasteiger charge is 2.08. The highest BCUT2D eigenvalue weighted by Crippen LogP contribution is 2.06. The van der Waals surface area contributed by atoms with Crippen molar-refractivity contribution in [2.24, 2.45) is 0 Å². The number of hydrogen-bond acceptors (Lipinski definition) is 5. The first-order valence-electron chi connectivity index (χ1n) is 7.36. The summed E-state index contributed by atoms with van der Waals surface area (Å²) in [5.41, 5.74) is 0.861. The molecule has 0 saturated carbocycles. The third kappa shape index (κ3) is 6.73. The predicted octanol–water partition coefficient (Wildman–Crippen LogP) is 1.10. The standard InChI is InChI=1S/C15H28N4O2/c1-15(2,3)16-7-6-8-19-14(20)11-13(12-17-19)18(4)9-10-21-5/h11-12,16H,6-10H2,1-5H3. The zero-order chi connectivity index (χ0) is 15.9. The largest absolute Gasteiger partial charge is 0.383 e. The second kappa shape index (κ2) is 8.14. The van der Waals surface area contributed by atoms with Gasteiger partial charge in [-0.25, -0.2) is 4.68 Å². The Morgan fingerprint density at radius 2 is 2.14 bits per heavy atom. The van der Waals surface area contributed by atoms with Crippen LogP contribution in [0.1, 0.15) is 27.2 Å². The third-order valence-electron chi connectivity index (χ3n) is 3.13. The van der Waals surface area contributed by atoms with E-state index in [0.717, 1.165) is 25.2 Å². The lowest BCUT2D eigenvalue weighted by Gasteiger charge is -2.20. The molecule has 0 aromatic carbocycles. The number of hydrogen-bond donors (Lipinski definition) is 1. The minimum atomic E-state index is -0.0625. The Morgan fingerprint density at radius 3 is 2.71 bits per heavy atom. The molecule has 1 N–H and O–H groups in total. The maximum Gasteiger partial charge on any atom is 0.268 e. The molecule has 1 heterocycles. The maximum absolute atomic E-state index is 12.0. The van der Waals surface area contributed by atoms with Crippen molar-refractivity contribution in [3.8, 4) is 0 Å². The van der Waals surface area contributed by atoms with Crippen molar-refractivity contribution in [1.82, 2.24) is 15.1 Å². The molecule has 1 aromatic heterocycles. The average Bonchev–Trinajstić information content (AvgIpc) is 2.41. The number of nitrogens with zero attached hydrogens (tertiary/aromatic N) is 3. The van der Waals surface area contributed by atoms with E-state index in [0.29, 0.717) is 13.2 Å². The molecular weight excluding hydrogens is 268 g/mol. The summed E-state index contributed by atoms with van der Waals surface area (Å²) >= 11 is 0. The van der Waals surface area contributed by atoms with Gasteiger partial charge in [0.2, 0.25) is 0 Å². The number of anilines is 1. The lowest BCUT2D eigenvalue weighted by atomic mass is 10.1. The minimum Gasteiger partial charge on any atom is -0.383 e. The first-order valence-corrected chi connectivity index (χ1v) is 7.36. The van der Waals surface area contributed by atoms with Gasteiger partial charge < -0.3 is 15.0 Å². The number of ether oxygens (including phenoxy) is 1. The van der Waals surface area contributed by atoms with Gasteiger partial charge in [0, 0.05) is 38.9 Å². The Balaban J connectivity index is 2.52. The molecule has 0 amide bonds. The van der Waals surface area contributed by atoms with Crippen LogP contribution in [0.25, 0.3) is 0 Å². The molecule has 0 unspecified atom stereocenters. The van der Waals surface area contributed by atoms with Crippen LogP contribution in [0.5, 0.6) is 0 Å². The van der Waals surface area contributed by atoms with Gasteiger partial charge in [0.15, 0.2) is 0 Å². The molecule has 0 aliphatic heterocycles. The van der Waals surface area contributed by atoms with Crippen molar-refractivity contribution >= 4 is 5.69 Å². The van der Waals surface area contributed by atoms with E-state index in [1.807, 2.05) is 11.9 Å². The predicted molar refractivity (Wildman–Crippen MR) is 86.0 cm³/mol. The fraction of sp³-hybridized carbons (Fsp3) is 0.733. The first kappa shape index (κ1) is 17.7. The van der Waals surface area contributed by atoms with Crippen LogP contribution in [0, 0.1) is 0 Å². The van der Waals surface area contributed by atoms with Crippen LogP contribution in [0.2, 0.25) is 0 Å². The van der Waals surface area contributed by atoms with Gasteiger partial charge in [0.05, 0.1) is 18.5 Å². The van der Waals surface area contributed by atoms with E-state index >= 15 is 0 Å². The minimum absolute atomic E-state index is 0.0625. The molecule has 120 valence electrons. The Bertz CT molecular complexity index is 479. The van der Waals surface area contributed by atoms with Crippen LogP contribution in [-0.4, -0.2) is 49.2 Å². The molecule has 0 radical (unpaired) electrons. The van der Waals surface area contributed by atoms with Crippen molar-refractivity contribution in [3.63, 3.8) is 0 Å². The fourth-order valence-electron chi connectivity index (χ4n) is 1.85. The van der Waals surface area contributed by atoms with Gasteiger partial charge >= 0.3 is 0 Å². The molecule has 0 aliphatic rings. The Morgan fingerprint density at radius 1 is 1.43 bits per heavy atom. The summed E-state index contributed by atoms with van der Waals surface area (Å²) in [7, 11) is 3.59. The molecule has 6 heteroatoms.